The molecule has 0 saturated heterocycles. The zero-order chi connectivity index (χ0) is 15.1. The van der Waals surface area contributed by atoms with Crippen LogP contribution in [0.3, 0.4) is 0 Å². The SMILES string of the molecule is CCCN(CCC)C(=O)COc1cccc2ccccc12. The first-order valence-corrected chi connectivity index (χ1v) is 7.64. The normalized spacial score (nSPS) is 10.6. The van der Waals surface area contributed by atoms with E-state index < -0.39 is 0 Å². The molecule has 0 heterocycles. The summed E-state index contributed by atoms with van der Waals surface area (Å²) >= 11 is 0. The molecule has 2 rings (SSSR count). The highest BCUT2D eigenvalue weighted by atomic mass is 16.5. The number of nitrogens with zero attached hydrogens (tertiary/aromatic N) is 1. The Hall–Kier alpha value is -2.03. The van der Waals surface area contributed by atoms with Gasteiger partial charge in [0.2, 0.25) is 0 Å². The van der Waals surface area contributed by atoms with Gasteiger partial charge in [-0.3, -0.25) is 4.79 Å². The molecule has 0 saturated carbocycles. The number of ether oxygens (including phenoxy) is 1. The van der Waals surface area contributed by atoms with Crippen LogP contribution in [0, 0.1) is 0 Å². The molecule has 112 valence electrons. The fourth-order valence-electron chi connectivity index (χ4n) is 2.45. The van der Waals surface area contributed by atoms with Crippen molar-refractivity contribution in [3.8, 4) is 5.75 Å². The monoisotopic (exact) mass is 285 g/mol. The zero-order valence-electron chi connectivity index (χ0n) is 12.8. The molecule has 1 amide bonds. The van der Waals surface area contributed by atoms with Crippen LogP contribution in [0.25, 0.3) is 10.8 Å². The Balaban J connectivity index is 2.05. The van der Waals surface area contributed by atoms with Crippen molar-refractivity contribution in [3.63, 3.8) is 0 Å². The summed E-state index contributed by atoms with van der Waals surface area (Å²) in [6, 6.07) is 14.0. The van der Waals surface area contributed by atoms with Crippen LogP contribution in [0.1, 0.15) is 26.7 Å². The van der Waals surface area contributed by atoms with Crippen LogP contribution >= 0.6 is 0 Å². The number of carbonyl (C=O) groups excluding carboxylic acids is 1. The summed E-state index contributed by atoms with van der Waals surface area (Å²) in [6.45, 7) is 5.87. The van der Waals surface area contributed by atoms with Crippen molar-refractivity contribution < 1.29 is 9.53 Å². The zero-order valence-corrected chi connectivity index (χ0v) is 12.8. The van der Waals surface area contributed by atoms with Crippen molar-refractivity contribution in [1.82, 2.24) is 4.90 Å². The van der Waals surface area contributed by atoms with Gasteiger partial charge >= 0.3 is 0 Å². The van der Waals surface area contributed by atoms with Gasteiger partial charge in [0, 0.05) is 18.5 Å². The average Bonchev–Trinajstić information content (AvgIpc) is 2.52. The Morgan fingerprint density at radius 3 is 2.38 bits per heavy atom. The summed E-state index contributed by atoms with van der Waals surface area (Å²) in [6.07, 6.45) is 1.94. The van der Waals surface area contributed by atoms with E-state index in [4.69, 9.17) is 4.74 Å². The Morgan fingerprint density at radius 1 is 1.00 bits per heavy atom. The van der Waals surface area contributed by atoms with Gasteiger partial charge < -0.3 is 9.64 Å². The first-order valence-electron chi connectivity index (χ1n) is 7.64. The maximum absolute atomic E-state index is 12.2. The van der Waals surface area contributed by atoms with Gasteiger partial charge in [0.1, 0.15) is 5.75 Å². The van der Waals surface area contributed by atoms with Crippen LogP contribution in [0.15, 0.2) is 42.5 Å². The molecule has 0 bridgehead atoms. The highest BCUT2D eigenvalue weighted by molar-refractivity contribution is 5.88. The summed E-state index contributed by atoms with van der Waals surface area (Å²) in [5.41, 5.74) is 0. The van der Waals surface area contributed by atoms with Gasteiger partial charge in [0.05, 0.1) is 0 Å². The van der Waals surface area contributed by atoms with Gasteiger partial charge in [0.15, 0.2) is 6.61 Å². The molecule has 0 radical (unpaired) electrons. The van der Waals surface area contributed by atoms with E-state index in [1.807, 2.05) is 47.4 Å². The third kappa shape index (κ3) is 3.97. The van der Waals surface area contributed by atoms with Crippen LogP contribution in [0.4, 0.5) is 0 Å². The first kappa shape index (κ1) is 15.4. The summed E-state index contributed by atoms with van der Waals surface area (Å²) in [5.74, 6) is 0.834. The van der Waals surface area contributed by atoms with E-state index in [0.29, 0.717) is 0 Å². The van der Waals surface area contributed by atoms with Crippen LogP contribution in [0.2, 0.25) is 0 Å². The molecule has 0 fully saturated rings. The second-order valence-electron chi connectivity index (χ2n) is 5.15. The van der Waals surface area contributed by atoms with Crippen molar-refractivity contribution in [2.45, 2.75) is 26.7 Å². The van der Waals surface area contributed by atoms with Gasteiger partial charge in [-0.1, -0.05) is 50.2 Å². The number of rotatable bonds is 7. The fraction of sp³-hybridized carbons (Fsp3) is 0.389. The summed E-state index contributed by atoms with van der Waals surface area (Å²) in [4.78, 5) is 14.1. The Bertz CT molecular complexity index is 583. The van der Waals surface area contributed by atoms with E-state index in [0.717, 1.165) is 42.5 Å². The molecule has 2 aromatic rings. The molecule has 0 atom stereocenters. The van der Waals surface area contributed by atoms with Crippen LogP contribution in [-0.2, 0) is 4.79 Å². The molecule has 21 heavy (non-hydrogen) atoms. The van der Waals surface area contributed by atoms with Gasteiger partial charge in [-0.15, -0.1) is 0 Å². The molecule has 0 unspecified atom stereocenters. The lowest BCUT2D eigenvalue weighted by molar-refractivity contribution is -0.133. The van der Waals surface area contributed by atoms with Crippen LogP contribution in [-0.4, -0.2) is 30.5 Å². The highest BCUT2D eigenvalue weighted by Crippen LogP contribution is 2.25. The van der Waals surface area contributed by atoms with Crippen molar-refractivity contribution in [2.24, 2.45) is 0 Å². The fourth-order valence-corrected chi connectivity index (χ4v) is 2.45. The predicted octanol–water partition coefficient (Wildman–Crippen LogP) is 3.87. The van der Waals surface area contributed by atoms with Crippen LogP contribution in [0.5, 0.6) is 5.75 Å². The van der Waals surface area contributed by atoms with Crippen molar-refractivity contribution in [1.29, 1.82) is 0 Å². The van der Waals surface area contributed by atoms with Crippen LogP contribution < -0.4 is 4.74 Å². The van der Waals surface area contributed by atoms with Crippen molar-refractivity contribution in [2.75, 3.05) is 19.7 Å². The number of fused-ring (bicyclic) bond motifs is 1. The van der Waals surface area contributed by atoms with E-state index in [9.17, 15) is 4.79 Å². The molecule has 3 nitrogen and oxygen atoms in total. The number of hydrogen-bond donors (Lipinski definition) is 0. The van der Waals surface area contributed by atoms with E-state index >= 15 is 0 Å². The molecule has 3 heteroatoms. The second kappa shape index (κ2) is 7.67. The summed E-state index contributed by atoms with van der Waals surface area (Å²) in [5, 5.41) is 2.17. The minimum Gasteiger partial charge on any atom is -0.483 e. The Kier molecular flexibility index (Phi) is 5.61. The molecule has 0 spiro atoms. The maximum atomic E-state index is 12.2. The molecule has 0 aliphatic rings. The Morgan fingerprint density at radius 2 is 1.67 bits per heavy atom. The van der Waals surface area contributed by atoms with E-state index in [1.165, 1.54) is 0 Å². The largest absolute Gasteiger partial charge is 0.483 e. The smallest absolute Gasteiger partial charge is 0.260 e. The van der Waals surface area contributed by atoms with E-state index in [1.54, 1.807) is 0 Å². The van der Waals surface area contributed by atoms with Crippen molar-refractivity contribution in [3.05, 3.63) is 42.5 Å². The van der Waals surface area contributed by atoms with Crippen molar-refractivity contribution >= 4 is 16.7 Å². The van der Waals surface area contributed by atoms with Gasteiger partial charge in [0.25, 0.3) is 5.91 Å². The molecule has 0 aromatic heterocycles. The molecule has 0 aliphatic heterocycles. The van der Waals surface area contributed by atoms with Gasteiger partial charge in [-0.05, 0) is 24.3 Å². The topological polar surface area (TPSA) is 29.5 Å². The Labute approximate surface area is 126 Å². The lowest BCUT2D eigenvalue weighted by Crippen LogP contribution is -2.36. The quantitative estimate of drug-likeness (QED) is 0.773. The first-order chi connectivity index (χ1) is 10.3. The number of hydrogen-bond acceptors (Lipinski definition) is 2. The van der Waals surface area contributed by atoms with Gasteiger partial charge in [-0.2, -0.15) is 0 Å². The van der Waals surface area contributed by atoms with E-state index in [-0.39, 0.29) is 12.5 Å². The highest BCUT2D eigenvalue weighted by Gasteiger charge is 2.13. The number of carbonyl (C=O) groups is 1. The predicted molar refractivity (Wildman–Crippen MR) is 86.6 cm³/mol. The summed E-state index contributed by atoms with van der Waals surface area (Å²) < 4.78 is 5.76. The van der Waals surface area contributed by atoms with E-state index in [2.05, 4.69) is 13.8 Å². The summed E-state index contributed by atoms with van der Waals surface area (Å²) in [7, 11) is 0. The third-order valence-corrected chi connectivity index (χ3v) is 3.44. The molecule has 0 N–H and O–H groups in total. The second-order valence-corrected chi connectivity index (χ2v) is 5.15. The maximum Gasteiger partial charge on any atom is 0.260 e. The minimum atomic E-state index is 0.0617. The third-order valence-electron chi connectivity index (χ3n) is 3.44. The average molecular weight is 285 g/mol. The van der Waals surface area contributed by atoms with Gasteiger partial charge in [-0.25, -0.2) is 0 Å². The molecule has 0 aliphatic carbocycles. The molecular weight excluding hydrogens is 262 g/mol. The molecule has 2 aromatic carbocycles. The minimum absolute atomic E-state index is 0.0617. The number of benzene rings is 2. The lowest BCUT2D eigenvalue weighted by Gasteiger charge is -2.21. The molecular formula is C18H23NO2. The number of amides is 1. The standard InChI is InChI=1S/C18H23NO2/c1-3-12-19(13-4-2)18(20)14-21-17-11-7-9-15-8-5-6-10-16(15)17/h5-11H,3-4,12-14H2,1-2H3. The lowest BCUT2D eigenvalue weighted by atomic mass is 10.1.